The molecular formula is C18H18N2O. The number of rotatable bonds is 3. The number of aromatic amines is 1. The smallest absolute Gasteiger partial charge is 0.253 e. The molecule has 2 N–H and O–H groups in total. The van der Waals surface area contributed by atoms with Crippen LogP contribution in [-0.4, -0.2) is 4.98 Å². The predicted molar refractivity (Wildman–Crippen MR) is 87.8 cm³/mol. The van der Waals surface area contributed by atoms with Crippen molar-refractivity contribution in [3.63, 3.8) is 0 Å². The number of para-hydroxylation sites is 2. The molecule has 0 amide bonds. The van der Waals surface area contributed by atoms with E-state index in [1.54, 1.807) is 0 Å². The van der Waals surface area contributed by atoms with Gasteiger partial charge in [0, 0.05) is 17.8 Å². The molecule has 3 nitrogen and oxygen atoms in total. The van der Waals surface area contributed by atoms with E-state index in [9.17, 15) is 4.79 Å². The van der Waals surface area contributed by atoms with E-state index in [0.29, 0.717) is 6.54 Å². The van der Waals surface area contributed by atoms with E-state index in [4.69, 9.17) is 0 Å². The summed E-state index contributed by atoms with van der Waals surface area (Å²) in [5.74, 6) is 0. The first-order chi connectivity index (χ1) is 10.1. The molecule has 0 spiro atoms. The highest BCUT2D eigenvalue weighted by molar-refractivity contribution is 5.81. The molecule has 3 rings (SSSR count). The maximum Gasteiger partial charge on any atom is 0.253 e. The number of anilines is 1. The molecule has 0 aliphatic heterocycles. The van der Waals surface area contributed by atoms with Gasteiger partial charge >= 0.3 is 0 Å². The molecule has 1 aromatic heterocycles. The average molecular weight is 278 g/mol. The summed E-state index contributed by atoms with van der Waals surface area (Å²) >= 11 is 0. The minimum absolute atomic E-state index is 0.0297. The van der Waals surface area contributed by atoms with Gasteiger partial charge in [-0.15, -0.1) is 0 Å². The van der Waals surface area contributed by atoms with Crippen molar-refractivity contribution in [1.82, 2.24) is 4.98 Å². The molecule has 0 atom stereocenters. The Balaban J connectivity index is 1.93. The van der Waals surface area contributed by atoms with E-state index in [1.165, 1.54) is 5.56 Å². The second kappa shape index (κ2) is 5.44. The fourth-order valence-electron chi connectivity index (χ4n) is 2.52. The van der Waals surface area contributed by atoms with Crippen LogP contribution in [0, 0.1) is 13.8 Å². The highest BCUT2D eigenvalue weighted by Gasteiger charge is 2.05. The quantitative estimate of drug-likeness (QED) is 0.766. The third-order valence-corrected chi connectivity index (χ3v) is 3.78. The first kappa shape index (κ1) is 13.4. The molecule has 0 radical (unpaired) electrons. The van der Waals surface area contributed by atoms with Crippen LogP contribution in [-0.2, 0) is 6.54 Å². The molecule has 0 saturated carbocycles. The number of aromatic nitrogens is 1. The van der Waals surface area contributed by atoms with Crippen molar-refractivity contribution < 1.29 is 0 Å². The van der Waals surface area contributed by atoms with Gasteiger partial charge in [0.25, 0.3) is 5.56 Å². The number of pyridine rings is 1. The fraction of sp³-hybridized carbons (Fsp3) is 0.167. The number of hydrogen-bond donors (Lipinski definition) is 2. The minimum Gasteiger partial charge on any atom is -0.381 e. The van der Waals surface area contributed by atoms with Gasteiger partial charge in [0.2, 0.25) is 0 Å². The Hall–Kier alpha value is -2.55. The molecule has 21 heavy (non-hydrogen) atoms. The van der Waals surface area contributed by atoms with Crippen LogP contribution in [0.1, 0.15) is 16.7 Å². The lowest BCUT2D eigenvalue weighted by atomic mass is 10.1. The number of aryl methyl sites for hydroxylation is 2. The lowest BCUT2D eigenvalue weighted by Gasteiger charge is -2.10. The zero-order chi connectivity index (χ0) is 14.8. The van der Waals surface area contributed by atoms with Crippen LogP contribution in [0.5, 0.6) is 0 Å². The number of H-pyrrole nitrogens is 1. The van der Waals surface area contributed by atoms with E-state index in [1.807, 2.05) is 49.4 Å². The summed E-state index contributed by atoms with van der Waals surface area (Å²) in [7, 11) is 0. The number of nitrogens with one attached hydrogen (secondary N) is 2. The van der Waals surface area contributed by atoms with Crippen molar-refractivity contribution in [2.24, 2.45) is 0 Å². The van der Waals surface area contributed by atoms with Gasteiger partial charge in [0.1, 0.15) is 0 Å². The first-order valence-electron chi connectivity index (χ1n) is 7.06. The molecule has 0 unspecified atom stereocenters. The van der Waals surface area contributed by atoms with Gasteiger partial charge in [-0.05, 0) is 42.5 Å². The Labute approximate surface area is 123 Å². The van der Waals surface area contributed by atoms with Crippen LogP contribution in [0.4, 0.5) is 5.69 Å². The zero-order valence-electron chi connectivity index (χ0n) is 12.2. The monoisotopic (exact) mass is 278 g/mol. The zero-order valence-corrected chi connectivity index (χ0v) is 12.2. The topological polar surface area (TPSA) is 44.9 Å². The van der Waals surface area contributed by atoms with E-state index in [2.05, 4.69) is 23.3 Å². The SMILES string of the molecule is Cc1ccccc1NCc1cc2cccc(C)c2[nH]c1=O. The van der Waals surface area contributed by atoms with Crippen molar-refractivity contribution in [3.05, 3.63) is 75.6 Å². The second-order valence-corrected chi connectivity index (χ2v) is 5.33. The van der Waals surface area contributed by atoms with Crippen LogP contribution in [0.2, 0.25) is 0 Å². The van der Waals surface area contributed by atoms with Gasteiger partial charge < -0.3 is 10.3 Å². The fourth-order valence-corrected chi connectivity index (χ4v) is 2.52. The Kier molecular flexibility index (Phi) is 3.48. The predicted octanol–water partition coefficient (Wildman–Crippen LogP) is 3.76. The largest absolute Gasteiger partial charge is 0.381 e. The first-order valence-corrected chi connectivity index (χ1v) is 7.06. The molecule has 0 bridgehead atoms. The minimum atomic E-state index is -0.0297. The van der Waals surface area contributed by atoms with Gasteiger partial charge in [-0.2, -0.15) is 0 Å². The highest BCUT2D eigenvalue weighted by atomic mass is 16.1. The average Bonchev–Trinajstić information content (AvgIpc) is 2.48. The molecule has 3 aromatic rings. The number of benzene rings is 2. The second-order valence-electron chi connectivity index (χ2n) is 5.33. The molecular weight excluding hydrogens is 260 g/mol. The summed E-state index contributed by atoms with van der Waals surface area (Å²) in [5.41, 5.74) is 4.95. The Bertz CT molecular complexity index is 849. The van der Waals surface area contributed by atoms with Gasteiger partial charge in [-0.25, -0.2) is 0 Å². The number of hydrogen-bond acceptors (Lipinski definition) is 2. The summed E-state index contributed by atoms with van der Waals surface area (Å²) in [6, 6.07) is 16.1. The Morgan fingerprint density at radius 2 is 1.76 bits per heavy atom. The van der Waals surface area contributed by atoms with E-state index in [-0.39, 0.29) is 5.56 Å². The molecule has 0 aliphatic rings. The molecule has 106 valence electrons. The molecule has 3 heteroatoms. The van der Waals surface area contributed by atoms with Gasteiger partial charge in [-0.3, -0.25) is 4.79 Å². The third-order valence-electron chi connectivity index (χ3n) is 3.78. The van der Waals surface area contributed by atoms with Crippen molar-refractivity contribution in [1.29, 1.82) is 0 Å². The highest BCUT2D eigenvalue weighted by Crippen LogP contribution is 2.17. The van der Waals surface area contributed by atoms with Gasteiger partial charge in [0.05, 0.1) is 5.52 Å². The number of fused-ring (bicyclic) bond motifs is 1. The third kappa shape index (κ3) is 2.68. The summed E-state index contributed by atoms with van der Waals surface area (Å²) in [5, 5.41) is 4.40. The van der Waals surface area contributed by atoms with Crippen LogP contribution < -0.4 is 10.9 Å². The molecule has 2 aromatic carbocycles. The van der Waals surface area contributed by atoms with E-state index >= 15 is 0 Å². The van der Waals surface area contributed by atoms with Crippen LogP contribution >= 0.6 is 0 Å². The molecule has 0 saturated heterocycles. The molecule has 1 heterocycles. The lowest BCUT2D eigenvalue weighted by molar-refractivity contribution is 1.08. The standard InChI is InChI=1S/C18H18N2O/c1-12-6-3-4-9-16(12)19-11-15-10-14-8-5-7-13(2)17(14)20-18(15)21/h3-10,19H,11H2,1-2H3,(H,20,21). The molecule has 0 fully saturated rings. The summed E-state index contributed by atoms with van der Waals surface area (Å²) in [6.45, 7) is 4.57. The van der Waals surface area contributed by atoms with Crippen molar-refractivity contribution in [2.45, 2.75) is 20.4 Å². The van der Waals surface area contributed by atoms with Gasteiger partial charge in [-0.1, -0.05) is 36.4 Å². The van der Waals surface area contributed by atoms with Gasteiger partial charge in [0.15, 0.2) is 0 Å². The van der Waals surface area contributed by atoms with Crippen LogP contribution in [0.15, 0.2) is 53.3 Å². The normalized spacial score (nSPS) is 10.8. The van der Waals surface area contributed by atoms with Crippen molar-refractivity contribution >= 4 is 16.6 Å². The molecule has 0 aliphatic carbocycles. The van der Waals surface area contributed by atoms with E-state index < -0.39 is 0 Å². The lowest BCUT2D eigenvalue weighted by Crippen LogP contribution is -2.16. The summed E-state index contributed by atoms with van der Waals surface area (Å²) in [6.07, 6.45) is 0. The summed E-state index contributed by atoms with van der Waals surface area (Å²) < 4.78 is 0. The Morgan fingerprint density at radius 3 is 2.57 bits per heavy atom. The van der Waals surface area contributed by atoms with Crippen LogP contribution in [0.3, 0.4) is 0 Å². The summed E-state index contributed by atoms with van der Waals surface area (Å²) in [4.78, 5) is 15.2. The maximum absolute atomic E-state index is 12.2. The van der Waals surface area contributed by atoms with Crippen LogP contribution in [0.25, 0.3) is 10.9 Å². The maximum atomic E-state index is 12.2. The van der Waals surface area contributed by atoms with Crippen molar-refractivity contribution in [3.8, 4) is 0 Å². The van der Waals surface area contributed by atoms with Crippen molar-refractivity contribution in [2.75, 3.05) is 5.32 Å². The van der Waals surface area contributed by atoms with E-state index in [0.717, 1.165) is 27.7 Å². The Morgan fingerprint density at radius 1 is 1.00 bits per heavy atom.